The average molecular weight is 344 g/mol. The zero-order chi connectivity index (χ0) is 17.6. The molecule has 0 aliphatic carbocycles. The zero-order valence-electron chi connectivity index (χ0n) is 14.2. The van der Waals surface area contributed by atoms with Crippen LogP contribution in [0.1, 0.15) is 49.0 Å². The Balaban J connectivity index is 1.83. The summed E-state index contributed by atoms with van der Waals surface area (Å²) >= 11 is 0. The van der Waals surface area contributed by atoms with E-state index in [9.17, 15) is 15.0 Å². The zero-order valence-corrected chi connectivity index (χ0v) is 14.2. The normalized spacial score (nSPS) is 16.7. The second-order valence-corrected chi connectivity index (χ2v) is 6.27. The van der Waals surface area contributed by atoms with Crippen LogP contribution in [0, 0.1) is 0 Å². The molecule has 1 aliphatic rings. The van der Waals surface area contributed by atoms with Crippen LogP contribution in [0.2, 0.25) is 0 Å². The van der Waals surface area contributed by atoms with E-state index < -0.39 is 6.10 Å². The molecule has 25 heavy (non-hydrogen) atoms. The molecule has 2 aromatic rings. The Morgan fingerprint density at radius 2 is 1.96 bits per heavy atom. The SMILES string of the molecule is O=C1CCCCCN1Cc1nc([C@H](O)c2ccccc2)nn1CCO. The lowest BCUT2D eigenvalue weighted by molar-refractivity contribution is -0.131. The lowest BCUT2D eigenvalue weighted by Gasteiger charge is -2.19. The van der Waals surface area contributed by atoms with Crippen molar-refractivity contribution in [3.63, 3.8) is 0 Å². The number of likely N-dealkylation sites (tertiary alicyclic amines) is 1. The quantitative estimate of drug-likeness (QED) is 0.823. The number of hydrogen-bond donors (Lipinski definition) is 2. The van der Waals surface area contributed by atoms with Crippen molar-refractivity contribution in [3.05, 3.63) is 47.5 Å². The highest BCUT2D eigenvalue weighted by molar-refractivity contribution is 5.76. The van der Waals surface area contributed by atoms with Gasteiger partial charge >= 0.3 is 0 Å². The van der Waals surface area contributed by atoms with E-state index >= 15 is 0 Å². The third-order valence-corrected chi connectivity index (χ3v) is 4.44. The van der Waals surface area contributed by atoms with E-state index in [-0.39, 0.29) is 24.9 Å². The molecule has 1 aliphatic heterocycles. The van der Waals surface area contributed by atoms with Gasteiger partial charge in [0.2, 0.25) is 5.91 Å². The predicted octanol–water partition coefficient (Wildman–Crippen LogP) is 1.25. The summed E-state index contributed by atoms with van der Waals surface area (Å²) in [5.74, 6) is 1.01. The Hall–Kier alpha value is -2.25. The fourth-order valence-corrected chi connectivity index (χ4v) is 3.06. The summed E-state index contributed by atoms with van der Waals surface area (Å²) in [5.41, 5.74) is 0.709. The molecule has 1 aromatic carbocycles. The second-order valence-electron chi connectivity index (χ2n) is 6.27. The molecular formula is C18H24N4O3. The van der Waals surface area contributed by atoms with Crippen LogP contribution in [0.5, 0.6) is 0 Å². The van der Waals surface area contributed by atoms with Gasteiger partial charge < -0.3 is 15.1 Å². The molecule has 0 radical (unpaired) electrons. The summed E-state index contributed by atoms with van der Waals surface area (Å²) in [4.78, 5) is 18.5. The van der Waals surface area contributed by atoms with Gasteiger partial charge in [-0.3, -0.25) is 4.79 Å². The summed E-state index contributed by atoms with van der Waals surface area (Å²) < 4.78 is 1.58. The van der Waals surface area contributed by atoms with Crippen molar-refractivity contribution < 1.29 is 15.0 Å². The van der Waals surface area contributed by atoms with Crippen molar-refractivity contribution in [1.82, 2.24) is 19.7 Å². The molecule has 0 saturated carbocycles. The molecule has 0 unspecified atom stereocenters. The van der Waals surface area contributed by atoms with Crippen molar-refractivity contribution in [2.24, 2.45) is 0 Å². The molecule has 0 spiro atoms. The van der Waals surface area contributed by atoms with Gasteiger partial charge in [-0.05, 0) is 18.4 Å². The number of aliphatic hydroxyl groups is 2. The number of aliphatic hydroxyl groups excluding tert-OH is 2. The van der Waals surface area contributed by atoms with Crippen LogP contribution in [0.3, 0.4) is 0 Å². The van der Waals surface area contributed by atoms with E-state index in [4.69, 9.17) is 0 Å². The number of carbonyl (C=O) groups excluding carboxylic acids is 1. The van der Waals surface area contributed by atoms with E-state index in [1.807, 2.05) is 30.3 Å². The van der Waals surface area contributed by atoms with E-state index in [1.54, 1.807) is 9.58 Å². The number of hydrogen-bond acceptors (Lipinski definition) is 5. The Labute approximate surface area is 146 Å². The Bertz CT molecular complexity index is 702. The first kappa shape index (κ1) is 17.6. The Kier molecular flexibility index (Phi) is 5.78. The molecular weight excluding hydrogens is 320 g/mol. The molecule has 7 heteroatoms. The number of amides is 1. The first-order valence-electron chi connectivity index (χ1n) is 8.74. The predicted molar refractivity (Wildman–Crippen MR) is 91.5 cm³/mol. The van der Waals surface area contributed by atoms with Gasteiger partial charge in [0.25, 0.3) is 0 Å². The molecule has 7 nitrogen and oxygen atoms in total. The van der Waals surface area contributed by atoms with Crippen molar-refractivity contribution in [2.75, 3.05) is 13.2 Å². The number of benzene rings is 1. The summed E-state index contributed by atoms with van der Waals surface area (Å²) in [6.07, 6.45) is 2.60. The summed E-state index contributed by atoms with van der Waals surface area (Å²) in [7, 11) is 0. The van der Waals surface area contributed by atoms with Crippen LogP contribution >= 0.6 is 0 Å². The summed E-state index contributed by atoms with van der Waals surface area (Å²) in [6.45, 7) is 1.27. The lowest BCUT2D eigenvalue weighted by Crippen LogP contribution is -2.31. The van der Waals surface area contributed by atoms with Gasteiger partial charge in [-0.2, -0.15) is 5.10 Å². The van der Waals surface area contributed by atoms with Crippen molar-refractivity contribution >= 4 is 5.91 Å². The van der Waals surface area contributed by atoms with Gasteiger partial charge in [-0.25, -0.2) is 9.67 Å². The Morgan fingerprint density at radius 3 is 2.72 bits per heavy atom. The highest BCUT2D eigenvalue weighted by Crippen LogP contribution is 2.20. The number of carbonyl (C=O) groups is 1. The second kappa shape index (κ2) is 8.22. The smallest absolute Gasteiger partial charge is 0.222 e. The van der Waals surface area contributed by atoms with Crippen LogP contribution in [0.4, 0.5) is 0 Å². The lowest BCUT2D eigenvalue weighted by atomic mass is 10.1. The van der Waals surface area contributed by atoms with E-state index in [0.29, 0.717) is 30.9 Å². The number of nitrogens with zero attached hydrogens (tertiary/aromatic N) is 4. The maximum absolute atomic E-state index is 12.2. The maximum atomic E-state index is 12.2. The van der Waals surface area contributed by atoms with Crippen molar-refractivity contribution in [1.29, 1.82) is 0 Å². The van der Waals surface area contributed by atoms with Gasteiger partial charge in [-0.15, -0.1) is 0 Å². The fourth-order valence-electron chi connectivity index (χ4n) is 3.06. The van der Waals surface area contributed by atoms with E-state index in [0.717, 1.165) is 19.3 Å². The fraction of sp³-hybridized carbons (Fsp3) is 0.500. The van der Waals surface area contributed by atoms with Crippen LogP contribution < -0.4 is 0 Å². The van der Waals surface area contributed by atoms with Crippen LogP contribution in [0.25, 0.3) is 0 Å². The minimum atomic E-state index is -0.931. The molecule has 1 aromatic heterocycles. The Morgan fingerprint density at radius 1 is 1.16 bits per heavy atom. The maximum Gasteiger partial charge on any atom is 0.222 e. The molecule has 2 N–H and O–H groups in total. The molecule has 0 bridgehead atoms. The van der Waals surface area contributed by atoms with Crippen LogP contribution in [0.15, 0.2) is 30.3 Å². The van der Waals surface area contributed by atoms with Crippen molar-refractivity contribution in [2.45, 2.75) is 44.9 Å². The van der Waals surface area contributed by atoms with Gasteiger partial charge in [0.1, 0.15) is 11.9 Å². The van der Waals surface area contributed by atoms with Gasteiger partial charge in [0, 0.05) is 13.0 Å². The van der Waals surface area contributed by atoms with Gasteiger partial charge in [-0.1, -0.05) is 36.8 Å². The summed E-state index contributed by atoms with van der Waals surface area (Å²) in [5, 5.41) is 24.1. The molecule has 3 rings (SSSR count). The highest BCUT2D eigenvalue weighted by Gasteiger charge is 2.22. The average Bonchev–Trinajstić information content (AvgIpc) is 2.91. The standard InChI is InChI=1S/C18H24N4O3/c23-12-11-22-15(13-21-10-6-2-5-9-16(21)24)19-18(20-22)17(25)14-7-3-1-4-8-14/h1,3-4,7-8,17,23,25H,2,5-6,9-13H2/t17-/m1/s1. The largest absolute Gasteiger partial charge is 0.394 e. The number of aromatic nitrogens is 3. The highest BCUT2D eigenvalue weighted by atomic mass is 16.3. The first-order valence-corrected chi connectivity index (χ1v) is 8.74. The minimum Gasteiger partial charge on any atom is -0.394 e. The van der Waals surface area contributed by atoms with Gasteiger partial charge in [0.05, 0.1) is 19.7 Å². The van der Waals surface area contributed by atoms with Crippen LogP contribution in [-0.2, 0) is 17.9 Å². The minimum absolute atomic E-state index is 0.0782. The van der Waals surface area contributed by atoms with E-state index in [2.05, 4.69) is 10.1 Å². The van der Waals surface area contributed by atoms with E-state index in [1.165, 1.54) is 0 Å². The number of rotatable bonds is 6. The monoisotopic (exact) mass is 344 g/mol. The van der Waals surface area contributed by atoms with Crippen LogP contribution in [-0.4, -0.2) is 48.9 Å². The van der Waals surface area contributed by atoms with Gasteiger partial charge in [0.15, 0.2) is 5.82 Å². The third kappa shape index (κ3) is 4.24. The molecule has 1 amide bonds. The first-order chi connectivity index (χ1) is 12.2. The molecule has 1 atom stereocenters. The molecule has 134 valence electrons. The third-order valence-electron chi connectivity index (χ3n) is 4.44. The topological polar surface area (TPSA) is 91.5 Å². The molecule has 1 saturated heterocycles. The molecule has 1 fully saturated rings. The molecule has 2 heterocycles. The summed E-state index contributed by atoms with van der Waals surface area (Å²) in [6, 6.07) is 9.20. The van der Waals surface area contributed by atoms with Crippen molar-refractivity contribution in [3.8, 4) is 0 Å².